The molecule has 0 spiro atoms. The molecule has 17 heavy (non-hydrogen) atoms. The summed E-state index contributed by atoms with van der Waals surface area (Å²) in [5.74, 6) is 0.773. The molecule has 0 aliphatic carbocycles. The van der Waals surface area contributed by atoms with Crippen molar-refractivity contribution in [3.05, 3.63) is 30.5 Å². The first-order valence-electron chi connectivity index (χ1n) is 4.72. The third-order valence-electron chi connectivity index (χ3n) is 2.03. The number of carbonyl (C=O) groups is 1. The van der Waals surface area contributed by atoms with Crippen LogP contribution in [0.15, 0.2) is 35.0 Å². The van der Waals surface area contributed by atoms with Gasteiger partial charge in [-0.2, -0.15) is 0 Å². The molecule has 0 bridgehead atoms. The third kappa shape index (κ3) is 2.51. The summed E-state index contributed by atoms with van der Waals surface area (Å²) < 4.78 is 11.2. The highest BCUT2D eigenvalue weighted by Gasteiger charge is 2.15. The summed E-state index contributed by atoms with van der Waals surface area (Å²) in [7, 11) is 1.58. The molecule has 0 atom stereocenters. The molecule has 1 amide bonds. The first kappa shape index (κ1) is 10.9. The molecule has 7 nitrogen and oxygen atoms in total. The lowest BCUT2D eigenvalue weighted by Crippen LogP contribution is -2.31. The molecule has 0 fully saturated rings. The molecular weight excluding hydrogens is 226 g/mol. The molecular formula is C10H10N3O4+. The number of hydrogen-bond donors (Lipinski definition) is 2. The van der Waals surface area contributed by atoms with Gasteiger partial charge >= 0.3 is 12.0 Å². The zero-order valence-electron chi connectivity index (χ0n) is 8.95. The third-order valence-corrected chi connectivity index (χ3v) is 2.03. The quantitative estimate of drug-likeness (QED) is 0.777. The maximum absolute atomic E-state index is 10.4. The molecule has 1 aromatic heterocycles. The number of carboxylic acid groups (broad SMARTS) is 1. The van der Waals surface area contributed by atoms with Gasteiger partial charge in [-0.1, -0.05) is 0 Å². The van der Waals surface area contributed by atoms with Crippen LogP contribution in [-0.2, 0) is 0 Å². The van der Waals surface area contributed by atoms with E-state index >= 15 is 0 Å². The summed E-state index contributed by atoms with van der Waals surface area (Å²) in [6.07, 6.45) is 0.221. The smallest absolute Gasteiger partial charge is 0.411 e. The normalized spacial score (nSPS) is 9.94. The number of hydrogen-bond acceptors (Lipinski definition) is 4. The van der Waals surface area contributed by atoms with Crippen LogP contribution >= 0.6 is 0 Å². The highest BCUT2D eigenvalue weighted by molar-refractivity contribution is 5.80. The number of benzene rings is 1. The van der Waals surface area contributed by atoms with Gasteiger partial charge in [0, 0.05) is 12.1 Å². The van der Waals surface area contributed by atoms with Crippen LogP contribution in [0.1, 0.15) is 0 Å². The lowest BCUT2D eigenvalue weighted by Gasteiger charge is -1.95. The van der Waals surface area contributed by atoms with E-state index in [9.17, 15) is 4.79 Å². The number of methoxy groups -OCH3 is 1. The van der Waals surface area contributed by atoms with Crippen molar-refractivity contribution in [1.82, 2.24) is 5.27 Å². The summed E-state index contributed by atoms with van der Waals surface area (Å²) in [5.41, 5.74) is 0.730. The highest BCUT2D eigenvalue weighted by atomic mass is 16.5. The standard InChI is InChI=1S/C10H9N3O4/c1-16-8-4-2-7(3-5-8)13-6-9(17-12-13)11-10(14)15/h2-6H,1H3,(H-,11,12,14,15)/p+1. The van der Waals surface area contributed by atoms with Crippen LogP contribution in [0, 0.1) is 0 Å². The Morgan fingerprint density at radius 2 is 2.18 bits per heavy atom. The monoisotopic (exact) mass is 236 g/mol. The van der Waals surface area contributed by atoms with E-state index < -0.39 is 6.09 Å². The average molecular weight is 236 g/mol. The van der Waals surface area contributed by atoms with Crippen molar-refractivity contribution >= 4 is 12.0 Å². The van der Waals surface area contributed by atoms with E-state index in [1.165, 1.54) is 10.9 Å². The Kier molecular flexibility index (Phi) is 2.91. The largest absolute Gasteiger partial charge is 0.497 e. The van der Waals surface area contributed by atoms with Gasteiger partial charge in [0.15, 0.2) is 0 Å². The number of ether oxygens (including phenoxy) is 1. The summed E-state index contributed by atoms with van der Waals surface area (Å²) in [5, 5.41) is 14.2. The van der Waals surface area contributed by atoms with Gasteiger partial charge in [0.25, 0.3) is 6.20 Å². The second-order valence-corrected chi connectivity index (χ2v) is 3.14. The minimum Gasteiger partial charge on any atom is -0.497 e. The van der Waals surface area contributed by atoms with Gasteiger partial charge in [0.05, 0.1) is 7.11 Å². The molecule has 2 aromatic rings. The molecule has 2 N–H and O–H groups in total. The molecule has 88 valence electrons. The topological polar surface area (TPSA) is 88.5 Å². The van der Waals surface area contributed by atoms with Crippen LogP contribution in [0.2, 0.25) is 0 Å². The van der Waals surface area contributed by atoms with E-state index in [1.54, 1.807) is 31.4 Å². The number of nitrogens with zero attached hydrogens (tertiary/aromatic N) is 2. The van der Waals surface area contributed by atoms with Gasteiger partial charge in [-0.3, -0.25) is 9.84 Å². The summed E-state index contributed by atoms with van der Waals surface area (Å²) >= 11 is 0. The van der Waals surface area contributed by atoms with Crippen LogP contribution in [0.4, 0.5) is 10.7 Å². The van der Waals surface area contributed by atoms with E-state index in [4.69, 9.17) is 14.4 Å². The SMILES string of the molecule is COc1ccc(-[n+]2cc(NC(=O)O)on2)cc1. The van der Waals surface area contributed by atoms with Crippen molar-refractivity contribution in [1.29, 1.82) is 0 Å². The van der Waals surface area contributed by atoms with Crippen LogP contribution in [0.3, 0.4) is 0 Å². The van der Waals surface area contributed by atoms with E-state index in [2.05, 4.69) is 10.6 Å². The van der Waals surface area contributed by atoms with Crippen molar-refractivity contribution in [3.63, 3.8) is 0 Å². The molecule has 1 heterocycles. The summed E-state index contributed by atoms with van der Waals surface area (Å²) in [4.78, 5) is 10.4. The van der Waals surface area contributed by atoms with E-state index in [0.717, 1.165) is 11.4 Å². The van der Waals surface area contributed by atoms with Crippen molar-refractivity contribution in [2.75, 3.05) is 12.4 Å². The Hall–Kier alpha value is -2.57. The predicted octanol–water partition coefficient (Wildman–Crippen LogP) is 1.05. The van der Waals surface area contributed by atoms with E-state index in [-0.39, 0.29) is 5.88 Å². The first-order chi connectivity index (χ1) is 8.19. The first-order valence-corrected chi connectivity index (χ1v) is 4.72. The number of aromatic nitrogens is 2. The van der Waals surface area contributed by atoms with Gasteiger partial charge in [-0.05, 0) is 16.8 Å². The van der Waals surface area contributed by atoms with Crippen LogP contribution in [0.25, 0.3) is 5.69 Å². The minimum atomic E-state index is -1.21. The van der Waals surface area contributed by atoms with Gasteiger partial charge in [0.2, 0.25) is 11.0 Å². The number of nitrogens with one attached hydrogen (secondary N) is 1. The average Bonchev–Trinajstić information content (AvgIpc) is 2.77. The Labute approximate surface area is 96.2 Å². The molecule has 0 aliphatic rings. The van der Waals surface area contributed by atoms with E-state index in [1.807, 2.05) is 0 Å². The molecule has 1 aromatic carbocycles. The zero-order chi connectivity index (χ0) is 12.3. The fourth-order valence-corrected chi connectivity index (χ4v) is 1.26. The second kappa shape index (κ2) is 4.52. The fraction of sp³-hybridized carbons (Fsp3) is 0.100. The van der Waals surface area contributed by atoms with Crippen molar-refractivity contribution < 1.29 is 23.8 Å². The van der Waals surface area contributed by atoms with Crippen molar-refractivity contribution in [3.8, 4) is 11.4 Å². The maximum atomic E-state index is 10.4. The fourth-order valence-electron chi connectivity index (χ4n) is 1.26. The number of anilines is 1. The molecule has 7 heteroatoms. The second-order valence-electron chi connectivity index (χ2n) is 3.14. The molecule has 0 saturated carbocycles. The van der Waals surface area contributed by atoms with Gasteiger partial charge in [-0.25, -0.2) is 4.79 Å². The Balaban J connectivity index is 2.21. The molecule has 0 unspecified atom stereocenters. The Morgan fingerprint density at radius 3 is 2.76 bits per heavy atom. The lowest BCUT2D eigenvalue weighted by atomic mass is 10.3. The number of amides is 1. The molecule has 2 rings (SSSR count). The summed E-state index contributed by atoms with van der Waals surface area (Å²) in [6.45, 7) is 0. The maximum Gasteiger partial charge on any atom is 0.411 e. The Morgan fingerprint density at radius 1 is 1.47 bits per heavy atom. The number of rotatable bonds is 3. The van der Waals surface area contributed by atoms with Crippen LogP contribution in [-0.4, -0.2) is 23.6 Å². The summed E-state index contributed by atoms with van der Waals surface area (Å²) in [6, 6.07) is 7.07. The van der Waals surface area contributed by atoms with E-state index in [0.29, 0.717) is 0 Å². The van der Waals surface area contributed by atoms with Crippen molar-refractivity contribution in [2.24, 2.45) is 0 Å². The van der Waals surface area contributed by atoms with Crippen molar-refractivity contribution in [2.45, 2.75) is 0 Å². The minimum absolute atomic E-state index is 0.0494. The van der Waals surface area contributed by atoms with Crippen LogP contribution < -0.4 is 14.7 Å². The molecule has 0 radical (unpaired) electrons. The van der Waals surface area contributed by atoms with Gasteiger partial charge in [-0.15, -0.1) is 0 Å². The van der Waals surface area contributed by atoms with Gasteiger partial charge < -0.3 is 9.84 Å². The lowest BCUT2D eigenvalue weighted by molar-refractivity contribution is -0.670. The Bertz CT molecular complexity index is 521. The van der Waals surface area contributed by atoms with Crippen LogP contribution in [0.5, 0.6) is 5.75 Å². The predicted molar refractivity (Wildman–Crippen MR) is 56.2 cm³/mol. The molecule has 0 saturated heterocycles. The molecule has 0 aliphatic heterocycles. The zero-order valence-corrected chi connectivity index (χ0v) is 8.95. The highest BCUT2D eigenvalue weighted by Crippen LogP contribution is 2.11. The van der Waals surface area contributed by atoms with Gasteiger partial charge in [0.1, 0.15) is 5.75 Å².